The van der Waals surface area contributed by atoms with Crippen LogP contribution in [0.4, 0.5) is 5.69 Å². The molecule has 4 nitrogen and oxygen atoms in total. The maximum Gasteiger partial charge on any atom is 0.287 e. The van der Waals surface area contributed by atoms with Gasteiger partial charge in [-0.3, -0.25) is 0 Å². The second-order valence-corrected chi connectivity index (χ2v) is 8.11. The number of anilines is 1. The maximum absolute atomic E-state index is 12.3. The molecule has 0 saturated carbocycles. The van der Waals surface area contributed by atoms with E-state index in [9.17, 15) is 8.42 Å². The number of hydrogen-bond acceptors (Lipinski definition) is 4. The highest BCUT2D eigenvalue weighted by atomic mass is 32.2. The van der Waals surface area contributed by atoms with Crippen LogP contribution in [-0.4, -0.2) is 19.3 Å². The van der Waals surface area contributed by atoms with Gasteiger partial charge in [0.05, 0.1) is 5.69 Å². The van der Waals surface area contributed by atoms with Gasteiger partial charge in [-0.25, -0.2) is 0 Å². The summed E-state index contributed by atoms with van der Waals surface area (Å²) in [5.74, 6) is 1.46. The number of sulfonamides is 1. The molecule has 110 valence electrons. The van der Waals surface area contributed by atoms with Gasteiger partial charge in [-0.05, 0) is 43.4 Å². The predicted octanol–water partition coefficient (Wildman–Crippen LogP) is 3.55. The van der Waals surface area contributed by atoms with Crippen LogP contribution in [0.1, 0.15) is 31.4 Å². The van der Waals surface area contributed by atoms with Gasteiger partial charge in [0.2, 0.25) is 0 Å². The average molecular weight is 312 g/mol. The molecule has 1 aliphatic heterocycles. The summed E-state index contributed by atoms with van der Waals surface area (Å²) in [6.07, 6.45) is 1.03. The standard InChI is InChI=1S/C14H20N2O2S2/c1-9(2)5-6-19-14-15-12-8-10(3)7-11(4)13(12)20(17,18)16-14/h7-9H,5-6H2,1-4H3,(H,15,16). The Labute approximate surface area is 125 Å². The molecule has 1 aliphatic rings. The summed E-state index contributed by atoms with van der Waals surface area (Å²) in [7, 11) is -3.58. The molecule has 0 aromatic heterocycles. The van der Waals surface area contributed by atoms with Crippen molar-refractivity contribution in [1.29, 1.82) is 0 Å². The van der Waals surface area contributed by atoms with Crippen molar-refractivity contribution < 1.29 is 8.42 Å². The first-order valence-corrected chi connectivity index (χ1v) is 9.08. The molecule has 1 N–H and O–H groups in total. The molecule has 1 heterocycles. The first-order chi connectivity index (χ1) is 9.29. The normalized spacial score (nSPS) is 16.6. The molecule has 20 heavy (non-hydrogen) atoms. The fourth-order valence-electron chi connectivity index (χ4n) is 2.14. The number of nitrogens with zero attached hydrogens (tertiary/aromatic N) is 1. The second-order valence-electron chi connectivity index (χ2n) is 5.49. The zero-order valence-corrected chi connectivity index (χ0v) is 13.9. The Hall–Kier alpha value is -1.01. The SMILES string of the molecule is Cc1cc(C)c2c(c1)NC(SCCC(C)C)=NS2(=O)=O. The van der Waals surface area contributed by atoms with E-state index in [4.69, 9.17) is 0 Å². The van der Waals surface area contributed by atoms with Crippen molar-refractivity contribution in [2.45, 2.75) is 39.0 Å². The van der Waals surface area contributed by atoms with E-state index in [0.717, 1.165) is 23.3 Å². The summed E-state index contributed by atoms with van der Waals surface area (Å²) in [6, 6.07) is 3.72. The summed E-state index contributed by atoms with van der Waals surface area (Å²) in [6.45, 7) is 8.06. The number of fused-ring (bicyclic) bond motifs is 1. The van der Waals surface area contributed by atoms with E-state index in [1.165, 1.54) is 11.8 Å². The Bertz CT molecular complexity index is 649. The van der Waals surface area contributed by atoms with Gasteiger partial charge in [-0.2, -0.15) is 8.42 Å². The summed E-state index contributed by atoms with van der Waals surface area (Å²) in [5.41, 5.74) is 2.42. The summed E-state index contributed by atoms with van der Waals surface area (Å²) in [4.78, 5) is 0.302. The van der Waals surface area contributed by atoms with Crippen LogP contribution < -0.4 is 5.32 Å². The van der Waals surface area contributed by atoms with Crippen LogP contribution in [0.2, 0.25) is 0 Å². The molecule has 0 bridgehead atoms. The third-order valence-corrected chi connectivity index (χ3v) is 5.56. The predicted molar refractivity (Wildman–Crippen MR) is 86.1 cm³/mol. The van der Waals surface area contributed by atoms with Crippen molar-refractivity contribution in [2.75, 3.05) is 11.1 Å². The highest BCUT2D eigenvalue weighted by Gasteiger charge is 2.27. The molecular weight excluding hydrogens is 292 g/mol. The van der Waals surface area contributed by atoms with E-state index >= 15 is 0 Å². The van der Waals surface area contributed by atoms with E-state index in [1.807, 2.05) is 19.1 Å². The lowest BCUT2D eigenvalue weighted by atomic mass is 10.1. The van der Waals surface area contributed by atoms with Crippen molar-refractivity contribution in [1.82, 2.24) is 0 Å². The first kappa shape index (κ1) is 15.4. The van der Waals surface area contributed by atoms with Crippen molar-refractivity contribution in [3.63, 3.8) is 0 Å². The molecule has 0 unspecified atom stereocenters. The molecule has 1 aromatic carbocycles. The Kier molecular flexibility index (Phi) is 4.44. The van der Waals surface area contributed by atoms with Gasteiger partial charge in [0, 0.05) is 5.75 Å². The van der Waals surface area contributed by atoms with Crippen LogP contribution in [0.25, 0.3) is 0 Å². The van der Waals surface area contributed by atoms with Crippen LogP contribution in [0.5, 0.6) is 0 Å². The Morgan fingerprint density at radius 1 is 1.30 bits per heavy atom. The Morgan fingerprint density at radius 2 is 2.00 bits per heavy atom. The molecule has 0 radical (unpaired) electrons. The minimum Gasteiger partial charge on any atom is -0.333 e. The fourth-order valence-corrected chi connectivity index (χ4v) is 4.81. The van der Waals surface area contributed by atoms with Gasteiger partial charge in [0.1, 0.15) is 4.90 Å². The number of thioether (sulfide) groups is 1. The molecule has 0 atom stereocenters. The van der Waals surface area contributed by atoms with Crippen LogP contribution in [-0.2, 0) is 10.0 Å². The number of nitrogens with one attached hydrogen (secondary N) is 1. The van der Waals surface area contributed by atoms with E-state index in [2.05, 4.69) is 23.6 Å². The minimum absolute atomic E-state index is 0.302. The molecular formula is C14H20N2O2S2. The van der Waals surface area contributed by atoms with Crippen LogP contribution >= 0.6 is 11.8 Å². The van der Waals surface area contributed by atoms with Gasteiger partial charge in [-0.1, -0.05) is 31.7 Å². The Balaban J connectivity index is 2.28. The molecule has 6 heteroatoms. The average Bonchev–Trinajstić information content (AvgIpc) is 2.24. The van der Waals surface area contributed by atoms with Crippen molar-refractivity contribution in [2.24, 2.45) is 10.3 Å². The molecule has 0 saturated heterocycles. The molecule has 0 amide bonds. The number of hydrogen-bond donors (Lipinski definition) is 1. The van der Waals surface area contributed by atoms with Gasteiger partial charge >= 0.3 is 0 Å². The highest BCUT2D eigenvalue weighted by Crippen LogP contribution is 2.33. The van der Waals surface area contributed by atoms with Gasteiger partial charge < -0.3 is 5.32 Å². The van der Waals surface area contributed by atoms with Gasteiger partial charge in [0.25, 0.3) is 10.0 Å². The van der Waals surface area contributed by atoms with Crippen LogP contribution in [0.15, 0.2) is 21.4 Å². The zero-order valence-electron chi connectivity index (χ0n) is 12.2. The fraction of sp³-hybridized carbons (Fsp3) is 0.500. The van der Waals surface area contributed by atoms with Crippen LogP contribution in [0.3, 0.4) is 0 Å². The lowest BCUT2D eigenvalue weighted by Gasteiger charge is -2.20. The van der Waals surface area contributed by atoms with Gasteiger partial charge in [0.15, 0.2) is 5.17 Å². The Morgan fingerprint density at radius 3 is 2.65 bits per heavy atom. The van der Waals surface area contributed by atoms with Crippen molar-refractivity contribution in [3.05, 3.63) is 23.3 Å². The van der Waals surface area contributed by atoms with E-state index < -0.39 is 10.0 Å². The summed E-state index contributed by atoms with van der Waals surface area (Å²) in [5, 5.41) is 3.62. The summed E-state index contributed by atoms with van der Waals surface area (Å²) >= 11 is 1.46. The largest absolute Gasteiger partial charge is 0.333 e. The third kappa shape index (κ3) is 3.35. The minimum atomic E-state index is -3.58. The number of benzene rings is 1. The molecule has 0 aliphatic carbocycles. The van der Waals surface area contributed by atoms with E-state index in [-0.39, 0.29) is 0 Å². The number of rotatable bonds is 3. The monoisotopic (exact) mass is 312 g/mol. The summed E-state index contributed by atoms with van der Waals surface area (Å²) < 4.78 is 28.4. The highest BCUT2D eigenvalue weighted by molar-refractivity contribution is 8.14. The smallest absolute Gasteiger partial charge is 0.287 e. The van der Waals surface area contributed by atoms with E-state index in [0.29, 0.717) is 21.7 Å². The number of amidine groups is 1. The third-order valence-electron chi connectivity index (χ3n) is 3.06. The van der Waals surface area contributed by atoms with E-state index in [1.54, 1.807) is 6.92 Å². The van der Waals surface area contributed by atoms with Crippen molar-refractivity contribution >= 4 is 32.6 Å². The van der Waals surface area contributed by atoms with Crippen molar-refractivity contribution in [3.8, 4) is 0 Å². The van der Waals surface area contributed by atoms with Crippen LogP contribution in [0, 0.1) is 19.8 Å². The second kappa shape index (κ2) is 5.77. The number of aryl methyl sites for hydroxylation is 2. The topological polar surface area (TPSA) is 58.5 Å². The molecule has 0 spiro atoms. The lowest BCUT2D eigenvalue weighted by Crippen LogP contribution is -2.20. The molecule has 0 fully saturated rings. The molecule has 2 rings (SSSR count). The van der Waals surface area contributed by atoms with Gasteiger partial charge in [-0.15, -0.1) is 4.40 Å². The maximum atomic E-state index is 12.3. The molecule has 1 aromatic rings. The lowest BCUT2D eigenvalue weighted by molar-refractivity contribution is 0.597. The quantitative estimate of drug-likeness (QED) is 0.927. The zero-order chi connectivity index (χ0) is 14.9. The first-order valence-electron chi connectivity index (χ1n) is 6.65.